The molecule has 18 heavy (non-hydrogen) atoms. The van der Waals surface area contributed by atoms with Crippen LogP contribution in [0, 0.1) is 0 Å². The van der Waals surface area contributed by atoms with Gasteiger partial charge in [-0.15, -0.1) is 0 Å². The lowest BCUT2D eigenvalue weighted by Gasteiger charge is -2.18. The first-order chi connectivity index (χ1) is 8.77. The predicted octanol–water partition coefficient (Wildman–Crippen LogP) is -0.282. The monoisotopic (exact) mass is 251 g/mol. The van der Waals surface area contributed by atoms with E-state index in [2.05, 4.69) is 10.6 Å². The highest BCUT2D eigenvalue weighted by atomic mass is 16.3. The summed E-state index contributed by atoms with van der Waals surface area (Å²) >= 11 is 0. The summed E-state index contributed by atoms with van der Waals surface area (Å²) < 4.78 is 4.89. The fourth-order valence-corrected chi connectivity index (χ4v) is 1.84. The van der Waals surface area contributed by atoms with Gasteiger partial charge in [0, 0.05) is 31.7 Å². The summed E-state index contributed by atoms with van der Waals surface area (Å²) in [5, 5.41) is 5.78. The van der Waals surface area contributed by atoms with E-state index in [4.69, 9.17) is 4.42 Å². The summed E-state index contributed by atoms with van der Waals surface area (Å²) in [5.74, 6) is -1.01. The summed E-state index contributed by atoms with van der Waals surface area (Å²) in [6, 6.07) is 1.75. The molecule has 6 heteroatoms. The van der Waals surface area contributed by atoms with Gasteiger partial charge in [0.05, 0.1) is 12.5 Å². The lowest BCUT2D eigenvalue weighted by atomic mass is 10.3. The predicted molar refractivity (Wildman–Crippen MR) is 64.6 cm³/mol. The Bertz CT molecular complexity index is 395. The molecule has 0 spiro atoms. The topological polar surface area (TPSA) is 74.6 Å². The van der Waals surface area contributed by atoms with Crippen LogP contribution in [0.3, 0.4) is 0 Å². The third kappa shape index (κ3) is 3.33. The van der Waals surface area contributed by atoms with Gasteiger partial charge in [0.2, 0.25) is 0 Å². The molecule has 0 atom stereocenters. The molecule has 1 saturated heterocycles. The Morgan fingerprint density at radius 1 is 1.39 bits per heavy atom. The summed E-state index contributed by atoms with van der Waals surface area (Å²) in [6.45, 7) is 3.15. The van der Waals surface area contributed by atoms with Gasteiger partial charge < -0.3 is 20.0 Å². The van der Waals surface area contributed by atoms with Crippen molar-refractivity contribution in [3.8, 4) is 0 Å². The van der Waals surface area contributed by atoms with Gasteiger partial charge >= 0.3 is 11.8 Å². The van der Waals surface area contributed by atoms with Crippen molar-refractivity contribution in [3.05, 3.63) is 24.2 Å². The normalized spacial score (nSPS) is 16.1. The first-order valence-corrected chi connectivity index (χ1v) is 6.06. The maximum atomic E-state index is 11.9. The minimum absolute atomic E-state index is 0.313. The molecule has 98 valence electrons. The van der Waals surface area contributed by atoms with E-state index < -0.39 is 11.8 Å². The molecule has 1 aliphatic heterocycles. The van der Waals surface area contributed by atoms with Gasteiger partial charge in [-0.2, -0.15) is 0 Å². The molecule has 1 aromatic rings. The van der Waals surface area contributed by atoms with Crippen molar-refractivity contribution in [2.75, 3.05) is 26.2 Å². The number of furan rings is 1. The van der Waals surface area contributed by atoms with Crippen LogP contribution < -0.4 is 10.6 Å². The second kappa shape index (κ2) is 6.20. The van der Waals surface area contributed by atoms with Crippen LogP contribution in [-0.4, -0.2) is 42.9 Å². The minimum atomic E-state index is -0.557. The van der Waals surface area contributed by atoms with E-state index >= 15 is 0 Å². The van der Waals surface area contributed by atoms with E-state index in [1.165, 1.54) is 6.26 Å². The van der Waals surface area contributed by atoms with Crippen molar-refractivity contribution >= 4 is 11.8 Å². The Morgan fingerprint density at radius 3 is 3.06 bits per heavy atom. The number of carbonyl (C=O) groups excluding carboxylic acids is 2. The van der Waals surface area contributed by atoms with E-state index in [1.807, 2.05) is 0 Å². The lowest BCUT2D eigenvalue weighted by Crippen LogP contribution is -2.44. The fourth-order valence-electron chi connectivity index (χ4n) is 1.84. The molecule has 2 N–H and O–H groups in total. The molecule has 6 nitrogen and oxygen atoms in total. The molecule has 1 aliphatic rings. The Labute approximate surface area is 105 Å². The van der Waals surface area contributed by atoms with Gasteiger partial charge in [0.15, 0.2) is 0 Å². The van der Waals surface area contributed by atoms with Crippen LogP contribution >= 0.6 is 0 Å². The average Bonchev–Trinajstić information content (AvgIpc) is 2.75. The highest BCUT2D eigenvalue weighted by Gasteiger charge is 2.22. The molecule has 1 aromatic heterocycles. The molecule has 0 bridgehead atoms. The second-order valence-electron chi connectivity index (χ2n) is 4.21. The quantitative estimate of drug-likeness (QED) is 0.709. The summed E-state index contributed by atoms with van der Waals surface area (Å²) in [4.78, 5) is 25.2. The maximum Gasteiger partial charge on any atom is 0.311 e. The van der Waals surface area contributed by atoms with Crippen LogP contribution in [0.2, 0.25) is 0 Å². The molecule has 0 aliphatic carbocycles. The molecule has 2 rings (SSSR count). The zero-order chi connectivity index (χ0) is 12.8. The number of carbonyl (C=O) groups is 2. The molecular formula is C12H17N3O3. The van der Waals surface area contributed by atoms with E-state index in [-0.39, 0.29) is 0 Å². The molecule has 0 unspecified atom stereocenters. The zero-order valence-electron chi connectivity index (χ0n) is 10.1. The number of amides is 2. The van der Waals surface area contributed by atoms with Crippen molar-refractivity contribution in [1.82, 2.24) is 15.5 Å². The van der Waals surface area contributed by atoms with E-state index in [0.29, 0.717) is 19.6 Å². The Kier molecular flexibility index (Phi) is 4.35. The van der Waals surface area contributed by atoms with Crippen LogP contribution in [0.4, 0.5) is 0 Å². The Morgan fingerprint density at radius 2 is 2.28 bits per heavy atom. The van der Waals surface area contributed by atoms with Crippen molar-refractivity contribution in [2.24, 2.45) is 0 Å². The van der Waals surface area contributed by atoms with Crippen LogP contribution in [0.5, 0.6) is 0 Å². The lowest BCUT2D eigenvalue weighted by molar-refractivity contribution is -0.145. The van der Waals surface area contributed by atoms with Gasteiger partial charge in [-0.3, -0.25) is 9.59 Å². The van der Waals surface area contributed by atoms with E-state index in [1.54, 1.807) is 17.2 Å². The molecular weight excluding hydrogens is 234 g/mol. The summed E-state index contributed by atoms with van der Waals surface area (Å²) in [7, 11) is 0. The fraction of sp³-hybridized carbons (Fsp3) is 0.500. The number of nitrogens with one attached hydrogen (secondary N) is 2. The van der Waals surface area contributed by atoms with Crippen molar-refractivity contribution < 1.29 is 14.0 Å². The molecule has 2 heterocycles. The number of nitrogens with zero attached hydrogens (tertiary/aromatic N) is 1. The van der Waals surface area contributed by atoms with Crippen molar-refractivity contribution in [2.45, 2.75) is 13.0 Å². The van der Waals surface area contributed by atoms with Crippen LogP contribution in [0.25, 0.3) is 0 Å². The molecule has 1 fully saturated rings. The first kappa shape index (κ1) is 12.6. The van der Waals surface area contributed by atoms with Crippen molar-refractivity contribution in [1.29, 1.82) is 0 Å². The molecule has 0 radical (unpaired) electrons. The van der Waals surface area contributed by atoms with Crippen LogP contribution in [-0.2, 0) is 16.1 Å². The van der Waals surface area contributed by atoms with Gasteiger partial charge in [-0.25, -0.2) is 0 Å². The largest absolute Gasteiger partial charge is 0.472 e. The van der Waals surface area contributed by atoms with Gasteiger partial charge in [-0.05, 0) is 19.0 Å². The Balaban J connectivity index is 1.82. The summed E-state index contributed by atoms with van der Waals surface area (Å²) in [5.41, 5.74) is 0.841. The molecule has 2 amide bonds. The van der Waals surface area contributed by atoms with Gasteiger partial charge in [0.25, 0.3) is 0 Å². The zero-order valence-corrected chi connectivity index (χ0v) is 10.1. The third-order valence-corrected chi connectivity index (χ3v) is 2.85. The van der Waals surface area contributed by atoms with Crippen molar-refractivity contribution in [3.63, 3.8) is 0 Å². The van der Waals surface area contributed by atoms with E-state index in [0.717, 1.165) is 25.1 Å². The van der Waals surface area contributed by atoms with Gasteiger partial charge in [0.1, 0.15) is 0 Å². The van der Waals surface area contributed by atoms with Gasteiger partial charge in [-0.1, -0.05) is 0 Å². The highest BCUT2D eigenvalue weighted by molar-refractivity contribution is 6.34. The average molecular weight is 251 g/mol. The molecule has 0 aromatic carbocycles. The maximum absolute atomic E-state index is 11.9. The van der Waals surface area contributed by atoms with E-state index in [9.17, 15) is 9.59 Å². The number of hydrogen-bond acceptors (Lipinski definition) is 4. The second-order valence-corrected chi connectivity index (χ2v) is 4.21. The highest BCUT2D eigenvalue weighted by Crippen LogP contribution is 2.00. The SMILES string of the molecule is O=C(NCc1ccoc1)C(=O)N1CCCNCC1. The number of hydrogen-bond donors (Lipinski definition) is 2. The van der Waals surface area contributed by atoms with Crippen LogP contribution in [0.15, 0.2) is 23.0 Å². The van der Waals surface area contributed by atoms with Crippen LogP contribution in [0.1, 0.15) is 12.0 Å². The standard InChI is InChI=1S/C12H17N3O3/c16-11(14-8-10-2-7-18-9-10)12(17)15-5-1-3-13-4-6-15/h2,7,9,13H,1,3-6,8H2,(H,14,16). The summed E-state index contributed by atoms with van der Waals surface area (Å²) in [6.07, 6.45) is 3.95. The minimum Gasteiger partial charge on any atom is -0.472 e. The number of rotatable bonds is 2. The Hall–Kier alpha value is -1.82. The first-order valence-electron chi connectivity index (χ1n) is 6.06. The third-order valence-electron chi connectivity index (χ3n) is 2.85. The molecule has 0 saturated carbocycles. The smallest absolute Gasteiger partial charge is 0.311 e.